The van der Waals surface area contributed by atoms with Gasteiger partial charge in [-0.15, -0.1) is 11.3 Å². The van der Waals surface area contributed by atoms with Crippen LogP contribution in [0.2, 0.25) is 0 Å². The number of thiophene rings is 1. The molecule has 1 aliphatic rings. The molecule has 140 valence electrons. The lowest BCUT2D eigenvalue weighted by atomic mass is 10.2. The number of amides is 1. The van der Waals surface area contributed by atoms with Crippen molar-refractivity contribution in [1.29, 1.82) is 0 Å². The van der Waals surface area contributed by atoms with Crippen LogP contribution in [0.25, 0.3) is 10.2 Å². The number of nitrogens with zero attached hydrogens (tertiary/aromatic N) is 1. The number of aryl methyl sites for hydroxylation is 3. The van der Waals surface area contributed by atoms with Gasteiger partial charge in [-0.25, -0.2) is 4.98 Å². The summed E-state index contributed by atoms with van der Waals surface area (Å²) in [6.07, 6.45) is 3.83. The van der Waals surface area contributed by atoms with Gasteiger partial charge in [0.2, 0.25) is 5.91 Å². The van der Waals surface area contributed by atoms with Crippen LogP contribution in [0.3, 0.4) is 0 Å². The molecule has 0 bridgehead atoms. The third kappa shape index (κ3) is 3.73. The fraction of sp³-hybridized carbons (Fsp3) is 0.350. The maximum atomic E-state index is 12.4. The number of carbonyl (C=O) groups is 1. The first-order valence-corrected chi connectivity index (χ1v) is 9.89. The van der Waals surface area contributed by atoms with Crippen LogP contribution in [0.1, 0.15) is 34.7 Å². The third-order valence-corrected chi connectivity index (χ3v) is 6.05. The highest BCUT2D eigenvalue weighted by Gasteiger charge is 2.21. The Morgan fingerprint density at radius 2 is 2.11 bits per heavy atom. The molecule has 2 N–H and O–H groups in total. The average molecular weight is 383 g/mol. The monoisotopic (exact) mass is 383 g/mol. The van der Waals surface area contributed by atoms with Crippen LogP contribution in [0.4, 0.5) is 0 Å². The molecule has 2 aromatic heterocycles. The van der Waals surface area contributed by atoms with Crippen molar-refractivity contribution in [1.82, 2.24) is 15.3 Å². The van der Waals surface area contributed by atoms with Gasteiger partial charge in [0.15, 0.2) is 0 Å². The largest absolute Gasteiger partial charge is 0.497 e. The van der Waals surface area contributed by atoms with E-state index in [0.29, 0.717) is 18.8 Å². The predicted molar refractivity (Wildman–Crippen MR) is 105 cm³/mol. The van der Waals surface area contributed by atoms with E-state index in [1.807, 2.05) is 24.3 Å². The van der Waals surface area contributed by atoms with Gasteiger partial charge >= 0.3 is 0 Å². The summed E-state index contributed by atoms with van der Waals surface area (Å²) in [6, 6.07) is 7.57. The molecule has 7 heteroatoms. The molecule has 1 aromatic carbocycles. The van der Waals surface area contributed by atoms with Gasteiger partial charge in [0.05, 0.1) is 12.5 Å². The normalized spacial score (nSPS) is 12.9. The number of nitrogens with one attached hydrogen (secondary N) is 2. The minimum atomic E-state index is -0.0759. The fourth-order valence-electron chi connectivity index (χ4n) is 3.43. The maximum absolute atomic E-state index is 12.4. The highest BCUT2D eigenvalue weighted by molar-refractivity contribution is 7.18. The summed E-state index contributed by atoms with van der Waals surface area (Å²) >= 11 is 1.62. The van der Waals surface area contributed by atoms with Gasteiger partial charge in [0.25, 0.3) is 5.56 Å². The Morgan fingerprint density at radius 1 is 1.30 bits per heavy atom. The van der Waals surface area contributed by atoms with Crippen LogP contribution in [-0.2, 0) is 30.6 Å². The molecule has 0 saturated carbocycles. The highest BCUT2D eigenvalue weighted by atomic mass is 32.1. The quantitative estimate of drug-likeness (QED) is 0.686. The fourth-order valence-corrected chi connectivity index (χ4v) is 4.71. The molecule has 0 atom stereocenters. The van der Waals surface area contributed by atoms with Gasteiger partial charge in [-0.05, 0) is 42.5 Å². The number of fused-ring (bicyclic) bond motifs is 3. The molecule has 0 unspecified atom stereocenters. The number of aromatic nitrogens is 2. The summed E-state index contributed by atoms with van der Waals surface area (Å²) in [7, 11) is 1.62. The molecule has 0 aliphatic heterocycles. The number of carbonyl (C=O) groups excluding carboxylic acids is 1. The molecule has 0 fully saturated rings. The van der Waals surface area contributed by atoms with Gasteiger partial charge < -0.3 is 15.0 Å². The smallest absolute Gasteiger partial charge is 0.259 e. The number of aromatic amines is 1. The first-order valence-electron chi connectivity index (χ1n) is 9.07. The van der Waals surface area contributed by atoms with Crippen LogP contribution in [-0.4, -0.2) is 23.0 Å². The summed E-state index contributed by atoms with van der Waals surface area (Å²) in [5, 5.41) is 3.64. The Labute approximate surface area is 160 Å². The van der Waals surface area contributed by atoms with Crippen molar-refractivity contribution in [2.75, 3.05) is 7.11 Å². The van der Waals surface area contributed by atoms with Crippen molar-refractivity contribution in [2.45, 2.75) is 38.6 Å². The molecule has 2 heterocycles. The molecule has 27 heavy (non-hydrogen) atoms. The Hall–Kier alpha value is -2.67. The minimum Gasteiger partial charge on any atom is -0.497 e. The standard InChI is InChI=1S/C20H21N3O3S/c1-26-13-7-5-12(6-8-13)11-21-17(24)10-9-16-22-19(25)18-14-3-2-4-15(14)27-20(18)23-16/h5-8H,2-4,9-11H2,1H3,(H,21,24)(H,22,23,25). The van der Waals surface area contributed by atoms with Crippen LogP contribution >= 0.6 is 11.3 Å². The van der Waals surface area contributed by atoms with E-state index in [1.165, 1.54) is 10.4 Å². The zero-order chi connectivity index (χ0) is 18.8. The van der Waals surface area contributed by atoms with Crippen LogP contribution in [0.15, 0.2) is 29.1 Å². The number of methoxy groups -OCH3 is 1. The van der Waals surface area contributed by atoms with E-state index in [9.17, 15) is 9.59 Å². The third-order valence-electron chi connectivity index (χ3n) is 4.86. The zero-order valence-corrected chi connectivity index (χ0v) is 15.9. The van der Waals surface area contributed by atoms with Crippen molar-refractivity contribution in [3.05, 3.63) is 56.4 Å². The molecule has 6 nitrogen and oxygen atoms in total. The van der Waals surface area contributed by atoms with Gasteiger partial charge in [0, 0.05) is 24.3 Å². The topological polar surface area (TPSA) is 84.1 Å². The maximum Gasteiger partial charge on any atom is 0.259 e. The van der Waals surface area contributed by atoms with E-state index in [1.54, 1.807) is 18.4 Å². The number of ether oxygens (including phenoxy) is 1. The molecule has 3 aromatic rings. The van der Waals surface area contributed by atoms with E-state index in [-0.39, 0.29) is 17.9 Å². The second-order valence-electron chi connectivity index (χ2n) is 6.67. The molecule has 1 amide bonds. The van der Waals surface area contributed by atoms with Crippen LogP contribution in [0, 0.1) is 0 Å². The Bertz CT molecular complexity index is 1040. The summed E-state index contributed by atoms with van der Waals surface area (Å²) in [4.78, 5) is 34.1. The molecular formula is C20H21N3O3S. The van der Waals surface area contributed by atoms with E-state index in [2.05, 4.69) is 15.3 Å². The van der Waals surface area contributed by atoms with Crippen molar-refractivity contribution in [3.8, 4) is 5.75 Å². The van der Waals surface area contributed by atoms with E-state index in [4.69, 9.17) is 4.74 Å². The minimum absolute atomic E-state index is 0.0674. The lowest BCUT2D eigenvalue weighted by Crippen LogP contribution is -2.23. The second kappa shape index (κ2) is 7.52. The first kappa shape index (κ1) is 17.7. The zero-order valence-electron chi connectivity index (χ0n) is 15.1. The highest BCUT2D eigenvalue weighted by Crippen LogP contribution is 2.34. The Balaban J connectivity index is 1.36. The SMILES string of the molecule is COc1ccc(CNC(=O)CCc2nc3sc4c(c3c(=O)[nH]2)CCC4)cc1. The summed E-state index contributed by atoms with van der Waals surface area (Å²) in [5.41, 5.74) is 2.10. The molecule has 4 rings (SSSR count). The van der Waals surface area contributed by atoms with Crippen molar-refractivity contribution < 1.29 is 9.53 Å². The predicted octanol–water partition coefficient (Wildman–Crippen LogP) is 2.73. The Morgan fingerprint density at radius 3 is 2.89 bits per heavy atom. The lowest BCUT2D eigenvalue weighted by molar-refractivity contribution is -0.121. The van der Waals surface area contributed by atoms with Gasteiger partial charge in [-0.2, -0.15) is 0 Å². The molecule has 0 saturated heterocycles. The van der Waals surface area contributed by atoms with Gasteiger partial charge in [-0.1, -0.05) is 12.1 Å². The van der Waals surface area contributed by atoms with Crippen LogP contribution < -0.4 is 15.6 Å². The van der Waals surface area contributed by atoms with E-state index < -0.39 is 0 Å². The first-order chi connectivity index (χ1) is 13.1. The van der Waals surface area contributed by atoms with Gasteiger partial charge in [-0.3, -0.25) is 9.59 Å². The molecule has 1 aliphatic carbocycles. The van der Waals surface area contributed by atoms with Crippen LogP contribution in [0.5, 0.6) is 5.75 Å². The number of rotatable bonds is 6. The lowest BCUT2D eigenvalue weighted by Gasteiger charge is -2.06. The van der Waals surface area contributed by atoms with Crippen molar-refractivity contribution in [2.24, 2.45) is 0 Å². The molecule has 0 spiro atoms. The second-order valence-corrected chi connectivity index (χ2v) is 7.76. The van der Waals surface area contributed by atoms with E-state index in [0.717, 1.165) is 40.8 Å². The average Bonchev–Trinajstić information content (AvgIpc) is 3.25. The molecule has 0 radical (unpaired) electrons. The van der Waals surface area contributed by atoms with Crippen molar-refractivity contribution in [3.63, 3.8) is 0 Å². The number of hydrogen-bond acceptors (Lipinski definition) is 5. The Kier molecular flexibility index (Phi) is 4.94. The number of hydrogen-bond donors (Lipinski definition) is 2. The molecular weight excluding hydrogens is 362 g/mol. The van der Waals surface area contributed by atoms with E-state index >= 15 is 0 Å². The number of benzene rings is 1. The number of H-pyrrole nitrogens is 1. The summed E-state index contributed by atoms with van der Waals surface area (Å²) < 4.78 is 5.12. The van der Waals surface area contributed by atoms with Crippen molar-refractivity contribution >= 4 is 27.5 Å². The summed E-state index contributed by atoms with van der Waals surface area (Å²) in [5.74, 6) is 1.30. The summed E-state index contributed by atoms with van der Waals surface area (Å²) in [6.45, 7) is 0.462. The van der Waals surface area contributed by atoms with Gasteiger partial charge in [0.1, 0.15) is 16.4 Å².